The number of nitrogens with one attached hydrogen (secondary N) is 2. The lowest BCUT2D eigenvalue weighted by molar-refractivity contribution is 0.174. The van der Waals surface area contributed by atoms with Crippen molar-refractivity contribution in [3.05, 3.63) is 20.7 Å². The Morgan fingerprint density at radius 1 is 1.53 bits per heavy atom. The summed E-state index contributed by atoms with van der Waals surface area (Å²) in [6, 6.07) is 0. The van der Waals surface area contributed by atoms with Gasteiger partial charge in [0.15, 0.2) is 4.77 Å². The summed E-state index contributed by atoms with van der Waals surface area (Å²) in [6.07, 6.45) is 2.37. The highest BCUT2D eigenvalue weighted by Gasteiger charge is 2.19. The summed E-state index contributed by atoms with van der Waals surface area (Å²) < 4.78 is 0.156. The van der Waals surface area contributed by atoms with Crippen LogP contribution in [-0.2, 0) is 6.54 Å². The first kappa shape index (κ1) is 12.3. The molecule has 1 atom stereocenters. The Bertz CT molecular complexity index is 508. The van der Waals surface area contributed by atoms with Crippen LogP contribution in [0, 0.1) is 10.7 Å². The highest BCUT2D eigenvalue weighted by molar-refractivity contribution is 7.71. The van der Waals surface area contributed by atoms with Crippen molar-refractivity contribution >= 4 is 12.2 Å². The van der Waals surface area contributed by atoms with E-state index in [4.69, 9.17) is 12.2 Å². The van der Waals surface area contributed by atoms with Gasteiger partial charge in [-0.2, -0.15) is 0 Å². The Balaban J connectivity index is 2.18. The van der Waals surface area contributed by atoms with E-state index in [1.807, 2.05) is 0 Å². The lowest BCUT2D eigenvalue weighted by Crippen LogP contribution is -2.35. The number of aromatic hydroxyl groups is 1. The number of aromatic amines is 2. The second-order valence-corrected chi connectivity index (χ2v) is 5.13. The molecule has 5 nitrogen and oxygen atoms in total. The number of aromatic nitrogens is 2. The molecule has 0 aliphatic carbocycles. The molecule has 0 aromatic carbocycles. The molecule has 0 unspecified atom stereocenters. The fourth-order valence-electron chi connectivity index (χ4n) is 2.30. The monoisotopic (exact) mass is 255 g/mol. The first-order valence-corrected chi connectivity index (χ1v) is 6.24. The molecule has 6 heteroatoms. The molecule has 1 aromatic rings. The molecule has 2 heterocycles. The first-order valence-electron chi connectivity index (χ1n) is 5.83. The smallest absolute Gasteiger partial charge is 0.260 e. The molecule has 1 aliphatic rings. The van der Waals surface area contributed by atoms with Crippen molar-refractivity contribution in [2.45, 2.75) is 26.3 Å². The van der Waals surface area contributed by atoms with Crippen LogP contribution in [0.15, 0.2) is 4.79 Å². The number of likely N-dealkylation sites (tertiary alicyclic amines) is 1. The predicted octanol–water partition coefficient (Wildman–Crippen LogP) is 1.37. The summed E-state index contributed by atoms with van der Waals surface area (Å²) in [6.45, 7) is 4.61. The second-order valence-electron chi connectivity index (χ2n) is 4.72. The molecule has 3 N–H and O–H groups in total. The zero-order valence-electron chi connectivity index (χ0n) is 9.82. The van der Waals surface area contributed by atoms with Crippen molar-refractivity contribution in [1.29, 1.82) is 0 Å². The lowest BCUT2D eigenvalue weighted by Gasteiger charge is -2.30. The number of hydrogen-bond donors (Lipinski definition) is 3. The highest BCUT2D eigenvalue weighted by atomic mass is 32.1. The number of H-pyrrole nitrogens is 2. The average molecular weight is 255 g/mol. The number of piperidine rings is 1. The molecule has 2 rings (SSSR count). The van der Waals surface area contributed by atoms with Gasteiger partial charge in [-0.05, 0) is 37.5 Å². The molecule has 0 radical (unpaired) electrons. The van der Waals surface area contributed by atoms with Crippen LogP contribution in [-0.4, -0.2) is 33.1 Å². The SMILES string of the molecule is C[C@@H]1CCCN(Cc2c(O)[nH]c(=S)[nH]c2=O)C1. The molecule has 1 aliphatic heterocycles. The maximum Gasteiger partial charge on any atom is 0.260 e. The summed E-state index contributed by atoms with van der Waals surface area (Å²) in [5.41, 5.74) is 0.0668. The van der Waals surface area contributed by atoms with Gasteiger partial charge in [0, 0.05) is 13.1 Å². The summed E-state index contributed by atoms with van der Waals surface area (Å²) >= 11 is 4.79. The minimum Gasteiger partial charge on any atom is -0.494 e. The molecule has 1 aromatic heterocycles. The van der Waals surface area contributed by atoms with Gasteiger partial charge >= 0.3 is 0 Å². The van der Waals surface area contributed by atoms with E-state index < -0.39 is 0 Å². The molecule has 1 fully saturated rings. The van der Waals surface area contributed by atoms with E-state index in [1.54, 1.807) is 0 Å². The van der Waals surface area contributed by atoms with Gasteiger partial charge in [0.25, 0.3) is 5.56 Å². The summed E-state index contributed by atoms with van der Waals surface area (Å²) in [7, 11) is 0. The van der Waals surface area contributed by atoms with E-state index >= 15 is 0 Å². The fraction of sp³-hybridized carbons (Fsp3) is 0.636. The molecule has 17 heavy (non-hydrogen) atoms. The standard InChI is InChI=1S/C11H17N3O2S/c1-7-3-2-4-14(5-7)6-8-9(15)12-11(17)13-10(8)16/h7H,2-6H2,1H3,(H3,12,13,15,16,17)/t7-/m1/s1. The topological polar surface area (TPSA) is 72.1 Å². The third-order valence-corrected chi connectivity index (χ3v) is 3.35. The second kappa shape index (κ2) is 5.01. The van der Waals surface area contributed by atoms with Crippen LogP contribution in [0.1, 0.15) is 25.3 Å². The van der Waals surface area contributed by atoms with Crippen LogP contribution in [0.3, 0.4) is 0 Å². The number of nitrogens with zero attached hydrogens (tertiary/aromatic N) is 1. The maximum absolute atomic E-state index is 11.7. The summed E-state index contributed by atoms with van der Waals surface area (Å²) in [5, 5.41) is 9.70. The largest absolute Gasteiger partial charge is 0.494 e. The van der Waals surface area contributed by atoms with Gasteiger partial charge in [-0.1, -0.05) is 6.92 Å². The Morgan fingerprint density at radius 3 is 2.94 bits per heavy atom. The quantitative estimate of drug-likeness (QED) is 0.698. The number of hydrogen-bond acceptors (Lipinski definition) is 4. The lowest BCUT2D eigenvalue weighted by atomic mass is 10.00. The van der Waals surface area contributed by atoms with Crippen molar-refractivity contribution < 1.29 is 5.11 Å². The molecular formula is C11H17N3O2S. The van der Waals surface area contributed by atoms with Crippen molar-refractivity contribution in [3.63, 3.8) is 0 Å². The fourth-order valence-corrected chi connectivity index (χ4v) is 2.49. The molecule has 0 saturated carbocycles. The molecule has 0 bridgehead atoms. The van der Waals surface area contributed by atoms with Gasteiger partial charge < -0.3 is 10.1 Å². The van der Waals surface area contributed by atoms with E-state index in [0.29, 0.717) is 18.0 Å². The van der Waals surface area contributed by atoms with Gasteiger partial charge in [0.05, 0.1) is 5.56 Å². The van der Waals surface area contributed by atoms with Crippen LogP contribution >= 0.6 is 12.2 Å². The van der Waals surface area contributed by atoms with Gasteiger partial charge in [0.2, 0.25) is 5.88 Å². The number of rotatable bonds is 2. The van der Waals surface area contributed by atoms with Crippen molar-refractivity contribution in [3.8, 4) is 5.88 Å². The summed E-state index contributed by atoms with van der Waals surface area (Å²) in [5.74, 6) is 0.532. The Labute approximate surface area is 104 Å². The Kier molecular flexibility index (Phi) is 3.63. The molecule has 94 valence electrons. The molecular weight excluding hydrogens is 238 g/mol. The maximum atomic E-state index is 11.7. The van der Waals surface area contributed by atoms with Crippen LogP contribution in [0.5, 0.6) is 5.88 Å². The predicted molar refractivity (Wildman–Crippen MR) is 67.6 cm³/mol. The minimum absolute atomic E-state index is 0.114. The third kappa shape index (κ3) is 2.95. The zero-order chi connectivity index (χ0) is 12.4. The van der Waals surface area contributed by atoms with E-state index in [9.17, 15) is 9.90 Å². The molecule has 0 amide bonds. The normalized spacial score (nSPS) is 21.6. The summed E-state index contributed by atoms with van der Waals surface area (Å²) in [4.78, 5) is 18.9. The van der Waals surface area contributed by atoms with E-state index in [-0.39, 0.29) is 16.2 Å². The zero-order valence-corrected chi connectivity index (χ0v) is 10.6. The van der Waals surface area contributed by atoms with Crippen molar-refractivity contribution in [2.24, 2.45) is 5.92 Å². The van der Waals surface area contributed by atoms with E-state index in [1.165, 1.54) is 6.42 Å². The molecule has 1 saturated heterocycles. The molecule has 0 spiro atoms. The van der Waals surface area contributed by atoms with E-state index in [2.05, 4.69) is 21.8 Å². The van der Waals surface area contributed by atoms with Gasteiger partial charge in [-0.25, -0.2) is 0 Å². The van der Waals surface area contributed by atoms with E-state index in [0.717, 1.165) is 19.5 Å². The van der Waals surface area contributed by atoms with Gasteiger partial charge in [-0.15, -0.1) is 0 Å². The van der Waals surface area contributed by atoms with Crippen LogP contribution in [0.25, 0.3) is 0 Å². The van der Waals surface area contributed by atoms with Crippen molar-refractivity contribution in [1.82, 2.24) is 14.9 Å². The average Bonchev–Trinajstić information content (AvgIpc) is 2.23. The first-order chi connectivity index (χ1) is 8.06. The minimum atomic E-state index is -0.301. The van der Waals surface area contributed by atoms with Crippen molar-refractivity contribution in [2.75, 3.05) is 13.1 Å². The third-order valence-electron chi connectivity index (χ3n) is 3.14. The van der Waals surface area contributed by atoms with Gasteiger partial charge in [0.1, 0.15) is 0 Å². The highest BCUT2D eigenvalue weighted by Crippen LogP contribution is 2.18. The van der Waals surface area contributed by atoms with Crippen LogP contribution in [0.4, 0.5) is 0 Å². The Morgan fingerprint density at radius 2 is 2.29 bits per heavy atom. The van der Waals surface area contributed by atoms with Crippen LogP contribution in [0.2, 0.25) is 0 Å². The Hall–Kier alpha value is -1.14. The van der Waals surface area contributed by atoms with Gasteiger partial charge in [-0.3, -0.25) is 14.7 Å². The van der Waals surface area contributed by atoms with Crippen LogP contribution < -0.4 is 5.56 Å².